The smallest absolute Gasteiger partial charge is 0.329 e. The zero-order valence-electron chi connectivity index (χ0n) is 12.7. The second-order valence-electron chi connectivity index (χ2n) is 5.60. The number of hydrogen-bond acceptors (Lipinski definition) is 3. The van der Waals surface area contributed by atoms with Crippen molar-refractivity contribution in [2.24, 2.45) is 5.73 Å². The summed E-state index contributed by atoms with van der Waals surface area (Å²) in [6.45, 7) is 6.13. The molecule has 1 aliphatic rings. The predicted octanol–water partition coefficient (Wildman–Crippen LogP) is 2.02. The van der Waals surface area contributed by atoms with Gasteiger partial charge >= 0.3 is 5.69 Å². The Bertz CT molecular complexity index is 695. The lowest BCUT2D eigenvalue weighted by Gasteiger charge is -2.19. The van der Waals surface area contributed by atoms with Crippen molar-refractivity contribution in [2.75, 3.05) is 6.61 Å². The van der Waals surface area contributed by atoms with Crippen LogP contribution in [0.2, 0.25) is 0 Å². The van der Waals surface area contributed by atoms with Crippen molar-refractivity contribution in [3.63, 3.8) is 0 Å². The van der Waals surface area contributed by atoms with Crippen molar-refractivity contribution in [1.29, 1.82) is 0 Å². The van der Waals surface area contributed by atoms with E-state index < -0.39 is 0 Å². The number of benzene rings is 1. The summed E-state index contributed by atoms with van der Waals surface area (Å²) in [6.07, 6.45) is 2.18. The van der Waals surface area contributed by atoms with Crippen LogP contribution >= 0.6 is 0 Å². The quantitative estimate of drug-likeness (QED) is 0.936. The third-order valence-corrected chi connectivity index (χ3v) is 4.43. The lowest BCUT2D eigenvalue weighted by Crippen LogP contribution is -2.25. The first-order chi connectivity index (χ1) is 10.2. The SMILES string of the molecule is CCn1c(=O)n(CC)c2cc(C(N)C3CCCO3)ccc21. The molecule has 3 rings (SSSR count). The van der Waals surface area contributed by atoms with E-state index in [9.17, 15) is 4.79 Å². The number of hydrogen-bond donors (Lipinski definition) is 1. The summed E-state index contributed by atoms with van der Waals surface area (Å²) in [5.74, 6) is 0. The van der Waals surface area contributed by atoms with Crippen LogP contribution in [-0.4, -0.2) is 21.8 Å². The molecular weight excluding hydrogens is 266 g/mol. The molecule has 1 aliphatic heterocycles. The Morgan fingerprint density at radius 1 is 1.29 bits per heavy atom. The van der Waals surface area contributed by atoms with Gasteiger partial charge in [0.25, 0.3) is 0 Å². The van der Waals surface area contributed by atoms with E-state index in [0.29, 0.717) is 13.1 Å². The maximum absolute atomic E-state index is 12.4. The fourth-order valence-electron chi connectivity index (χ4n) is 3.26. The minimum atomic E-state index is -0.123. The van der Waals surface area contributed by atoms with Crippen LogP contribution in [0, 0.1) is 0 Å². The summed E-state index contributed by atoms with van der Waals surface area (Å²) >= 11 is 0. The van der Waals surface area contributed by atoms with Gasteiger partial charge in [0.05, 0.1) is 23.2 Å². The highest BCUT2D eigenvalue weighted by atomic mass is 16.5. The minimum absolute atomic E-state index is 0.0536. The van der Waals surface area contributed by atoms with E-state index in [1.54, 1.807) is 4.57 Å². The predicted molar refractivity (Wildman–Crippen MR) is 83.4 cm³/mol. The molecule has 1 aromatic carbocycles. The number of imidazole rings is 1. The summed E-state index contributed by atoms with van der Waals surface area (Å²) in [5, 5.41) is 0. The first-order valence-corrected chi connectivity index (χ1v) is 7.77. The summed E-state index contributed by atoms with van der Waals surface area (Å²) in [5.41, 5.74) is 9.39. The van der Waals surface area contributed by atoms with Gasteiger partial charge in [-0.3, -0.25) is 9.13 Å². The van der Waals surface area contributed by atoms with Gasteiger partial charge < -0.3 is 10.5 Å². The van der Waals surface area contributed by atoms with Crippen molar-refractivity contribution in [3.05, 3.63) is 34.2 Å². The molecule has 0 saturated carbocycles. The maximum atomic E-state index is 12.4. The fourth-order valence-corrected chi connectivity index (χ4v) is 3.26. The molecule has 0 spiro atoms. The summed E-state index contributed by atoms with van der Waals surface area (Å²) in [4.78, 5) is 12.4. The third-order valence-electron chi connectivity index (χ3n) is 4.43. The van der Waals surface area contributed by atoms with Crippen LogP contribution in [0.1, 0.15) is 38.3 Å². The highest BCUT2D eigenvalue weighted by molar-refractivity contribution is 5.77. The van der Waals surface area contributed by atoms with Gasteiger partial charge in [-0.1, -0.05) is 6.07 Å². The van der Waals surface area contributed by atoms with Crippen molar-refractivity contribution in [3.8, 4) is 0 Å². The van der Waals surface area contributed by atoms with Gasteiger partial charge in [0, 0.05) is 19.7 Å². The lowest BCUT2D eigenvalue weighted by molar-refractivity contribution is 0.0901. The van der Waals surface area contributed by atoms with Crippen LogP contribution in [0.25, 0.3) is 11.0 Å². The first-order valence-electron chi connectivity index (χ1n) is 7.77. The Morgan fingerprint density at radius 3 is 2.62 bits per heavy atom. The highest BCUT2D eigenvalue weighted by Gasteiger charge is 2.25. The molecule has 0 bridgehead atoms. The van der Waals surface area contributed by atoms with Crippen LogP contribution < -0.4 is 11.4 Å². The van der Waals surface area contributed by atoms with E-state index in [4.69, 9.17) is 10.5 Å². The zero-order valence-corrected chi connectivity index (χ0v) is 12.7. The maximum Gasteiger partial charge on any atom is 0.329 e. The number of nitrogens with zero attached hydrogens (tertiary/aromatic N) is 2. The van der Waals surface area contributed by atoms with Crippen molar-refractivity contribution in [2.45, 2.75) is 51.9 Å². The van der Waals surface area contributed by atoms with Crippen molar-refractivity contribution >= 4 is 11.0 Å². The number of aryl methyl sites for hydroxylation is 2. The summed E-state index contributed by atoms with van der Waals surface area (Å²) in [6, 6.07) is 5.97. The monoisotopic (exact) mass is 289 g/mol. The number of aromatic nitrogens is 2. The van der Waals surface area contributed by atoms with E-state index in [1.165, 1.54) is 0 Å². The number of nitrogens with two attached hydrogens (primary N) is 1. The standard InChI is InChI=1S/C16H23N3O2/c1-3-18-12-8-7-11(15(17)14-6-5-9-21-14)10-13(12)19(4-2)16(18)20/h7-8,10,14-15H,3-6,9,17H2,1-2H3. The molecular formula is C16H23N3O2. The van der Waals surface area contributed by atoms with Gasteiger partial charge in [0.15, 0.2) is 0 Å². The van der Waals surface area contributed by atoms with Crippen LogP contribution in [-0.2, 0) is 17.8 Å². The van der Waals surface area contributed by atoms with Crippen LogP contribution in [0.5, 0.6) is 0 Å². The molecule has 2 unspecified atom stereocenters. The van der Waals surface area contributed by atoms with Crippen LogP contribution in [0.15, 0.2) is 23.0 Å². The van der Waals surface area contributed by atoms with Crippen LogP contribution in [0.4, 0.5) is 0 Å². The lowest BCUT2D eigenvalue weighted by atomic mass is 10.00. The molecule has 2 aromatic rings. The number of rotatable bonds is 4. The Hall–Kier alpha value is -1.59. The Morgan fingerprint density at radius 2 is 2.00 bits per heavy atom. The van der Waals surface area contributed by atoms with E-state index >= 15 is 0 Å². The van der Waals surface area contributed by atoms with Crippen molar-refractivity contribution < 1.29 is 4.74 Å². The topological polar surface area (TPSA) is 62.2 Å². The van der Waals surface area contributed by atoms with E-state index in [2.05, 4.69) is 6.07 Å². The second-order valence-corrected chi connectivity index (χ2v) is 5.60. The molecule has 21 heavy (non-hydrogen) atoms. The number of ether oxygens (including phenoxy) is 1. The Balaban J connectivity index is 2.09. The minimum Gasteiger partial charge on any atom is -0.376 e. The molecule has 0 amide bonds. The molecule has 1 saturated heterocycles. The van der Waals surface area contributed by atoms with Gasteiger partial charge in [-0.25, -0.2) is 4.79 Å². The molecule has 2 N–H and O–H groups in total. The van der Waals surface area contributed by atoms with Crippen LogP contribution in [0.3, 0.4) is 0 Å². The molecule has 114 valence electrons. The molecule has 1 fully saturated rings. The molecule has 0 aliphatic carbocycles. The van der Waals surface area contributed by atoms with E-state index in [1.807, 2.05) is 30.5 Å². The fraction of sp³-hybridized carbons (Fsp3) is 0.562. The van der Waals surface area contributed by atoms with Gasteiger partial charge in [0.1, 0.15) is 0 Å². The van der Waals surface area contributed by atoms with Gasteiger partial charge in [-0.2, -0.15) is 0 Å². The highest BCUT2D eigenvalue weighted by Crippen LogP contribution is 2.27. The first kappa shape index (κ1) is 14.4. The molecule has 5 nitrogen and oxygen atoms in total. The van der Waals surface area contributed by atoms with Gasteiger partial charge in [0.2, 0.25) is 0 Å². The molecule has 5 heteroatoms. The van der Waals surface area contributed by atoms with E-state index in [-0.39, 0.29) is 17.8 Å². The third kappa shape index (κ3) is 2.30. The number of fused-ring (bicyclic) bond motifs is 1. The molecule has 0 radical (unpaired) electrons. The average Bonchev–Trinajstić information content (AvgIpc) is 3.11. The largest absolute Gasteiger partial charge is 0.376 e. The zero-order chi connectivity index (χ0) is 15.0. The average molecular weight is 289 g/mol. The Kier molecular flexibility index (Phi) is 3.87. The van der Waals surface area contributed by atoms with Gasteiger partial charge in [-0.05, 0) is 44.4 Å². The normalized spacial score (nSPS) is 20.2. The summed E-state index contributed by atoms with van der Waals surface area (Å²) < 4.78 is 9.30. The van der Waals surface area contributed by atoms with Crippen molar-refractivity contribution in [1.82, 2.24) is 9.13 Å². The molecule has 2 atom stereocenters. The summed E-state index contributed by atoms with van der Waals surface area (Å²) in [7, 11) is 0. The Labute approximate surface area is 124 Å². The second kappa shape index (κ2) is 5.66. The van der Waals surface area contributed by atoms with E-state index in [0.717, 1.165) is 36.0 Å². The molecule has 2 heterocycles. The van der Waals surface area contributed by atoms with Gasteiger partial charge in [-0.15, -0.1) is 0 Å². The molecule has 1 aromatic heterocycles.